The lowest BCUT2D eigenvalue weighted by atomic mass is 10.0. The Bertz CT molecular complexity index is 1230. The third-order valence-electron chi connectivity index (χ3n) is 6.17. The molecule has 160 valence electrons. The summed E-state index contributed by atoms with van der Waals surface area (Å²) in [6.45, 7) is 0.717. The van der Waals surface area contributed by atoms with Gasteiger partial charge in [0.05, 0.1) is 11.6 Å². The summed E-state index contributed by atoms with van der Waals surface area (Å²) in [4.78, 5) is 52.4. The van der Waals surface area contributed by atoms with Gasteiger partial charge >= 0.3 is 6.03 Å². The normalized spacial score (nSPS) is 19.3. The van der Waals surface area contributed by atoms with Gasteiger partial charge in [-0.15, -0.1) is 0 Å². The van der Waals surface area contributed by atoms with E-state index in [0.717, 1.165) is 11.3 Å². The molecule has 0 radical (unpaired) electrons. The van der Waals surface area contributed by atoms with Crippen LogP contribution < -0.4 is 15.5 Å². The van der Waals surface area contributed by atoms with E-state index < -0.39 is 11.9 Å². The van der Waals surface area contributed by atoms with Crippen LogP contribution in [0.15, 0.2) is 36.4 Å². The molecule has 2 aromatic carbocycles. The molecule has 0 saturated carbocycles. The standard InChI is InChI=1S/C23H19N5O4/c24-11-13-2-1-3-18-16(13)8-9-27(18)23(32)25-15-4-5-17-14(10-15)12-28(22(17)31)19-6-7-20(29)26-21(19)30/h1-5,10,19H,6-9,12H2,(H,25,32)(H,26,29,30). The fourth-order valence-corrected chi connectivity index (χ4v) is 4.59. The molecule has 1 fully saturated rings. The topological polar surface area (TPSA) is 123 Å². The molecule has 3 aliphatic heterocycles. The van der Waals surface area contributed by atoms with E-state index in [0.29, 0.717) is 41.8 Å². The van der Waals surface area contributed by atoms with Crippen molar-refractivity contribution in [1.29, 1.82) is 5.26 Å². The minimum Gasteiger partial charge on any atom is -0.322 e. The van der Waals surface area contributed by atoms with Gasteiger partial charge in [0.15, 0.2) is 0 Å². The van der Waals surface area contributed by atoms with Gasteiger partial charge < -0.3 is 10.2 Å². The summed E-state index contributed by atoms with van der Waals surface area (Å²) in [5.41, 5.74) is 3.90. The highest BCUT2D eigenvalue weighted by Crippen LogP contribution is 2.32. The van der Waals surface area contributed by atoms with Gasteiger partial charge in [-0.3, -0.25) is 24.6 Å². The van der Waals surface area contributed by atoms with Crippen LogP contribution in [-0.4, -0.2) is 41.2 Å². The first-order valence-electron chi connectivity index (χ1n) is 10.3. The highest BCUT2D eigenvalue weighted by Gasteiger charge is 2.39. The quantitative estimate of drug-likeness (QED) is 0.706. The lowest BCUT2D eigenvalue weighted by molar-refractivity contribution is -0.136. The molecular formula is C23H19N5O4. The minimum atomic E-state index is -0.680. The fourth-order valence-electron chi connectivity index (χ4n) is 4.59. The number of piperidine rings is 1. The summed E-state index contributed by atoms with van der Waals surface area (Å²) in [6.07, 6.45) is 1.11. The number of nitriles is 1. The molecule has 2 N–H and O–H groups in total. The summed E-state index contributed by atoms with van der Waals surface area (Å²) in [5.74, 6) is -1.05. The second-order valence-corrected chi connectivity index (χ2v) is 8.02. The number of hydrogen-bond donors (Lipinski definition) is 2. The molecular weight excluding hydrogens is 410 g/mol. The van der Waals surface area contributed by atoms with Gasteiger partial charge in [-0.1, -0.05) is 6.07 Å². The van der Waals surface area contributed by atoms with Crippen molar-refractivity contribution in [2.45, 2.75) is 31.8 Å². The van der Waals surface area contributed by atoms with Crippen LogP contribution in [0.25, 0.3) is 0 Å². The molecule has 2 aromatic rings. The maximum atomic E-state index is 12.9. The molecule has 1 unspecified atom stereocenters. The third kappa shape index (κ3) is 3.17. The molecule has 0 spiro atoms. The summed E-state index contributed by atoms with van der Waals surface area (Å²) in [5, 5.41) is 14.4. The highest BCUT2D eigenvalue weighted by atomic mass is 16.2. The van der Waals surface area contributed by atoms with Crippen molar-refractivity contribution in [3.8, 4) is 6.07 Å². The molecule has 3 heterocycles. The van der Waals surface area contributed by atoms with E-state index >= 15 is 0 Å². The molecule has 0 aromatic heterocycles. The minimum absolute atomic E-state index is 0.197. The second kappa shape index (κ2) is 7.50. The zero-order valence-electron chi connectivity index (χ0n) is 17.1. The van der Waals surface area contributed by atoms with E-state index in [1.807, 2.05) is 6.07 Å². The molecule has 0 aliphatic carbocycles. The largest absolute Gasteiger partial charge is 0.326 e. The smallest absolute Gasteiger partial charge is 0.322 e. The maximum Gasteiger partial charge on any atom is 0.326 e. The number of amides is 5. The van der Waals surface area contributed by atoms with Crippen molar-refractivity contribution < 1.29 is 19.2 Å². The lowest BCUT2D eigenvalue weighted by Gasteiger charge is -2.29. The van der Waals surface area contributed by atoms with Crippen LogP contribution in [0.2, 0.25) is 0 Å². The molecule has 5 amide bonds. The molecule has 5 rings (SSSR count). The van der Waals surface area contributed by atoms with Gasteiger partial charge in [-0.05, 0) is 54.3 Å². The first-order chi connectivity index (χ1) is 15.5. The molecule has 1 saturated heterocycles. The number of rotatable bonds is 2. The van der Waals surface area contributed by atoms with Crippen LogP contribution in [0.5, 0.6) is 0 Å². The molecule has 9 nitrogen and oxygen atoms in total. The number of imide groups is 1. The number of nitrogens with one attached hydrogen (secondary N) is 2. The van der Waals surface area contributed by atoms with Crippen molar-refractivity contribution in [1.82, 2.24) is 10.2 Å². The SMILES string of the molecule is N#Cc1cccc2c1CCN2C(=O)Nc1ccc2c(c1)CN(C1CCC(=O)NC1=O)C2=O. The molecule has 3 aliphatic rings. The van der Waals surface area contributed by atoms with Crippen molar-refractivity contribution >= 4 is 35.1 Å². The highest BCUT2D eigenvalue weighted by molar-refractivity contribution is 6.06. The molecule has 0 bridgehead atoms. The fraction of sp³-hybridized carbons (Fsp3) is 0.261. The summed E-state index contributed by atoms with van der Waals surface area (Å²) in [7, 11) is 0. The lowest BCUT2D eigenvalue weighted by Crippen LogP contribution is -2.52. The summed E-state index contributed by atoms with van der Waals surface area (Å²) >= 11 is 0. The monoisotopic (exact) mass is 429 g/mol. The van der Waals surface area contributed by atoms with E-state index in [1.165, 1.54) is 4.90 Å². The van der Waals surface area contributed by atoms with Gasteiger partial charge in [0.1, 0.15) is 6.04 Å². The Morgan fingerprint density at radius 3 is 2.78 bits per heavy atom. The van der Waals surface area contributed by atoms with E-state index in [1.54, 1.807) is 35.2 Å². The van der Waals surface area contributed by atoms with Crippen molar-refractivity contribution in [2.75, 3.05) is 16.8 Å². The Balaban J connectivity index is 1.32. The number of anilines is 2. The van der Waals surface area contributed by atoms with Gasteiger partial charge in [-0.2, -0.15) is 5.26 Å². The van der Waals surface area contributed by atoms with Crippen LogP contribution >= 0.6 is 0 Å². The maximum absolute atomic E-state index is 12.9. The van der Waals surface area contributed by atoms with Crippen LogP contribution in [0.4, 0.5) is 16.2 Å². The van der Waals surface area contributed by atoms with E-state index in [4.69, 9.17) is 0 Å². The van der Waals surface area contributed by atoms with Crippen LogP contribution in [-0.2, 0) is 22.6 Å². The number of fused-ring (bicyclic) bond motifs is 2. The van der Waals surface area contributed by atoms with E-state index in [2.05, 4.69) is 16.7 Å². The van der Waals surface area contributed by atoms with E-state index in [9.17, 15) is 24.4 Å². The van der Waals surface area contributed by atoms with Gasteiger partial charge in [0, 0.05) is 36.4 Å². The van der Waals surface area contributed by atoms with Crippen LogP contribution in [0.1, 0.15) is 39.9 Å². The number of carbonyl (C=O) groups is 4. The van der Waals surface area contributed by atoms with Gasteiger partial charge in [-0.25, -0.2) is 4.79 Å². The number of benzene rings is 2. The van der Waals surface area contributed by atoms with Gasteiger partial charge in [0.2, 0.25) is 11.8 Å². The predicted octanol–water partition coefficient (Wildman–Crippen LogP) is 1.91. The number of nitrogens with zero attached hydrogens (tertiary/aromatic N) is 3. The zero-order chi connectivity index (χ0) is 22.4. The Hall–Kier alpha value is -4.19. The van der Waals surface area contributed by atoms with Gasteiger partial charge in [0.25, 0.3) is 5.91 Å². The van der Waals surface area contributed by atoms with Crippen LogP contribution in [0, 0.1) is 11.3 Å². The zero-order valence-corrected chi connectivity index (χ0v) is 17.1. The first-order valence-corrected chi connectivity index (χ1v) is 10.3. The van der Waals surface area contributed by atoms with E-state index in [-0.39, 0.29) is 30.8 Å². The number of carbonyl (C=O) groups excluding carboxylic acids is 4. The van der Waals surface area contributed by atoms with Crippen molar-refractivity contribution in [3.63, 3.8) is 0 Å². The number of hydrogen-bond acceptors (Lipinski definition) is 5. The molecule has 1 atom stereocenters. The second-order valence-electron chi connectivity index (χ2n) is 8.02. The number of urea groups is 1. The van der Waals surface area contributed by atoms with Crippen molar-refractivity contribution in [2.24, 2.45) is 0 Å². The average molecular weight is 429 g/mol. The molecule has 9 heteroatoms. The third-order valence-corrected chi connectivity index (χ3v) is 6.17. The Morgan fingerprint density at radius 2 is 2.00 bits per heavy atom. The summed E-state index contributed by atoms with van der Waals surface area (Å²) < 4.78 is 0. The first kappa shape index (κ1) is 19.8. The average Bonchev–Trinajstić information content (AvgIpc) is 3.35. The summed E-state index contributed by atoms with van der Waals surface area (Å²) in [6, 6.07) is 11.5. The Morgan fingerprint density at radius 1 is 1.16 bits per heavy atom. The molecule has 32 heavy (non-hydrogen) atoms. The Labute approximate surface area is 183 Å². The predicted molar refractivity (Wildman–Crippen MR) is 114 cm³/mol. The Kier molecular flexibility index (Phi) is 4.63. The van der Waals surface area contributed by atoms with Crippen molar-refractivity contribution in [3.05, 3.63) is 58.7 Å². The van der Waals surface area contributed by atoms with Crippen LogP contribution in [0.3, 0.4) is 0 Å².